The number of hydrogen-bond acceptors (Lipinski definition) is 2. The molecule has 0 aromatic heterocycles. The summed E-state index contributed by atoms with van der Waals surface area (Å²) in [7, 11) is 0. The lowest BCUT2D eigenvalue weighted by atomic mass is 10.1. The number of alkyl halides is 5. The second-order valence-electron chi connectivity index (χ2n) is 2.34. The molecule has 0 aliphatic heterocycles. The maximum Gasteiger partial charge on any atom is 0.239 e. The van der Waals surface area contributed by atoms with Gasteiger partial charge in [0.2, 0.25) is 10.6 Å². The van der Waals surface area contributed by atoms with Crippen molar-refractivity contribution >= 4 is 70.1 Å². The van der Waals surface area contributed by atoms with Crippen molar-refractivity contribution in [2.45, 2.75) is 21.0 Å². The van der Waals surface area contributed by atoms with E-state index in [0.29, 0.717) is 0 Å². The highest BCUT2D eigenvalue weighted by Gasteiger charge is 2.45. The van der Waals surface area contributed by atoms with E-state index in [1.54, 1.807) is 0 Å². The molecule has 0 aliphatic rings. The van der Waals surface area contributed by atoms with Crippen LogP contribution in [0, 0.1) is 0 Å². The molecule has 1 atom stereocenters. The first kappa shape index (κ1) is 13.8. The van der Waals surface area contributed by atoms with Crippen molar-refractivity contribution < 1.29 is 9.59 Å². The molecule has 0 fully saturated rings. The van der Waals surface area contributed by atoms with Gasteiger partial charge in [-0.15, -0.1) is 11.6 Å². The second-order valence-corrected chi connectivity index (χ2v) is 5.87. The molecule has 0 heterocycles. The molecule has 0 aromatic carbocycles. The van der Waals surface area contributed by atoms with E-state index in [0.717, 1.165) is 0 Å². The predicted molar refractivity (Wildman–Crippen MR) is 54.9 cm³/mol. The van der Waals surface area contributed by atoms with Gasteiger partial charge in [0.15, 0.2) is 10.1 Å². The van der Waals surface area contributed by atoms with Crippen molar-refractivity contribution in [3.63, 3.8) is 0 Å². The maximum absolute atomic E-state index is 11.2. The molecular formula is C6H4Cl5O2. The van der Waals surface area contributed by atoms with Gasteiger partial charge >= 0.3 is 0 Å². The van der Waals surface area contributed by atoms with E-state index in [1.807, 2.05) is 0 Å². The molecule has 0 spiro atoms. The fraction of sp³-hybridized carbons (Fsp3) is 0.667. The topological polar surface area (TPSA) is 34.1 Å². The Labute approximate surface area is 100 Å². The molecule has 7 heteroatoms. The summed E-state index contributed by atoms with van der Waals surface area (Å²) in [4.78, 5) is 21.4. The van der Waals surface area contributed by atoms with Crippen LogP contribution in [0.2, 0.25) is 0 Å². The zero-order valence-corrected chi connectivity index (χ0v) is 10.1. The molecule has 0 amide bonds. The smallest absolute Gasteiger partial charge is 0.239 e. The first-order valence-electron chi connectivity index (χ1n) is 2.96. The number of ketones is 1. The van der Waals surface area contributed by atoms with Gasteiger partial charge in [0.05, 0.1) is 0 Å². The molecule has 1 unspecified atom stereocenters. The summed E-state index contributed by atoms with van der Waals surface area (Å²) < 4.78 is -3.87. The molecule has 0 saturated heterocycles. The average molecular weight is 285 g/mol. The van der Waals surface area contributed by atoms with E-state index in [1.165, 1.54) is 13.2 Å². The summed E-state index contributed by atoms with van der Waals surface area (Å²) in [6.45, 7) is 1.20. The number of Topliss-reactive ketones (excluding diaryl/α,β-unsaturated/α-hetero) is 1. The van der Waals surface area contributed by atoms with E-state index < -0.39 is 19.8 Å². The van der Waals surface area contributed by atoms with E-state index in [-0.39, 0.29) is 0 Å². The Hall–Kier alpha value is 0.790. The van der Waals surface area contributed by atoms with Gasteiger partial charge in [0, 0.05) is 0 Å². The first-order chi connectivity index (χ1) is 5.63. The Bertz CT molecular complexity index is 220. The van der Waals surface area contributed by atoms with E-state index in [4.69, 9.17) is 58.0 Å². The molecule has 0 rings (SSSR count). The van der Waals surface area contributed by atoms with Gasteiger partial charge in [-0.05, 0) is 6.92 Å². The van der Waals surface area contributed by atoms with Crippen molar-refractivity contribution in [1.29, 1.82) is 0 Å². The van der Waals surface area contributed by atoms with Gasteiger partial charge < -0.3 is 0 Å². The summed E-state index contributed by atoms with van der Waals surface area (Å²) in [5.41, 5.74) is 0. The van der Waals surface area contributed by atoms with Gasteiger partial charge in [-0.1, -0.05) is 46.4 Å². The first-order valence-corrected chi connectivity index (χ1v) is 4.91. The third-order valence-electron chi connectivity index (χ3n) is 1.12. The highest BCUT2D eigenvalue weighted by atomic mass is 35.5. The van der Waals surface area contributed by atoms with Crippen LogP contribution in [0.4, 0.5) is 0 Å². The van der Waals surface area contributed by atoms with Crippen LogP contribution in [-0.4, -0.2) is 26.1 Å². The van der Waals surface area contributed by atoms with Crippen molar-refractivity contribution in [1.82, 2.24) is 0 Å². The normalized spacial score (nSPS) is 15.2. The molecule has 0 bridgehead atoms. The standard InChI is InChI=1S/C6H4Cl5O2/c1-5(8,9)4(13)3(7)6(10,11)2-12/h3H,1H3. The lowest BCUT2D eigenvalue weighted by molar-refractivity contribution is -0.119. The summed E-state index contributed by atoms with van der Waals surface area (Å²) >= 11 is 27.0. The van der Waals surface area contributed by atoms with Crippen LogP contribution < -0.4 is 0 Å². The largest absolute Gasteiger partial charge is 0.295 e. The zero-order chi connectivity index (χ0) is 10.9. The molecule has 0 aromatic rings. The Morgan fingerprint density at radius 1 is 1.31 bits per heavy atom. The zero-order valence-electron chi connectivity index (χ0n) is 6.28. The molecule has 0 saturated carbocycles. The molecule has 13 heavy (non-hydrogen) atoms. The number of carbonyl (C=O) groups is 1. The molecule has 2 nitrogen and oxygen atoms in total. The average Bonchev–Trinajstić information content (AvgIpc) is 2.00. The highest BCUT2D eigenvalue weighted by Crippen LogP contribution is 2.34. The summed E-state index contributed by atoms with van der Waals surface area (Å²) in [5, 5.41) is -1.53. The van der Waals surface area contributed by atoms with Crippen molar-refractivity contribution in [3.05, 3.63) is 0 Å². The van der Waals surface area contributed by atoms with Gasteiger partial charge in [-0.25, -0.2) is 0 Å². The Balaban J connectivity index is 4.72. The number of carbonyl (C=O) groups excluding carboxylic acids is 2. The van der Waals surface area contributed by atoms with Crippen LogP contribution in [0.25, 0.3) is 0 Å². The van der Waals surface area contributed by atoms with Gasteiger partial charge in [0.25, 0.3) is 0 Å². The maximum atomic E-state index is 11.2. The number of hydrogen-bond donors (Lipinski definition) is 0. The molecule has 1 radical (unpaired) electrons. The Morgan fingerprint density at radius 2 is 1.69 bits per heavy atom. The molecule has 75 valence electrons. The fourth-order valence-electron chi connectivity index (χ4n) is 0.439. The lowest BCUT2D eigenvalue weighted by Crippen LogP contribution is -2.42. The molecule has 0 aliphatic carbocycles. The minimum atomic E-state index is -2.14. The quantitative estimate of drug-likeness (QED) is 0.744. The summed E-state index contributed by atoms with van der Waals surface area (Å²) in [5.74, 6) is -0.856. The molecule has 0 N–H and O–H groups in total. The fourth-order valence-corrected chi connectivity index (χ4v) is 1.23. The third kappa shape index (κ3) is 3.80. The van der Waals surface area contributed by atoms with Crippen molar-refractivity contribution in [2.24, 2.45) is 0 Å². The second kappa shape index (κ2) is 4.54. The SMILES string of the molecule is CC(Cl)(Cl)C(=O)C(Cl)C(Cl)(Cl)[C]=O. The lowest BCUT2D eigenvalue weighted by Gasteiger charge is -2.21. The van der Waals surface area contributed by atoms with Crippen LogP contribution in [0.1, 0.15) is 6.92 Å². The van der Waals surface area contributed by atoms with E-state index in [9.17, 15) is 9.59 Å². The minimum Gasteiger partial charge on any atom is -0.295 e. The van der Waals surface area contributed by atoms with Crippen LogP contribution in [0.5, 0.6) is 0 Å². The summed E-state index contributed by atoms with van der Waals surface area (Å²) in [6, 6.07) is 0. The van der Waals surface area contributed by atoms with E-state index >= 15 is 0 Å². The summed E-state index contributed by atoms with van der Waals surface area (Å²) in [6.07, 6.45) is 1.20. The molecular weight excluding hydrogens is 281 g/mol. The van der Waals surface area contributed by atoms with Gasteiger partial charge in [0.1, 0.15) is 5.38 Å². The van der Waals surface area contributed by atoms with Crippen LogP contribution in [-0.2, 0) is 9.59 Å². The Morgan fingerprint density at radius 3 is 1.92 bits per heavy atom. The van der Waals surface area contributed by atoms with Crippen molar-refractivity contribution in [2.75, 3.05) is 0 Å². The minimum absolute atomic E-state index is 0.856. The predicted octanol–water partition coefficient (Wildman–Crippen LogP) is 2.64. The highest BCUT2D eigenvalue weighted by molar-refractivity contribution is 6.66. The number of halogens is 5. The van der Waals surface area contributed by atoms with Gasteiger partial charge in [-0.2, -0.15) is 0 Å². The van der Waals surface area contributed by atoms with Crippen LogP contribution >= 0.6 is 58.0 Å². The Kier molecular flexibility index (Phi) is 4.82. The number of rotatable bonds is 4. The van der Waals surface area contributed by atoms with E-state index in [2.05, 4.69) is 0 Å². The van der Waals surface area contributed by atoms with Crippen LogP contribution in [0.15, 0.2) is 0 Å². The third-order valence-corrected chi connectivity index (χ3v) is 2.83. The van der Waals surface area contributed by atoms with Gasteiger partial charge in [-0.3, -0.25) is 9.59 Å². The monoisotopic (exact) mass is 283 g/mol. The van der Waals surface area contributed by atoms with Crippen LogP contribution in [0.3, 0.4) is 0 Å². The van der Waals surface area contributed by atoms with Crippen molar-refractivity contribution in [3.8, 4) is 0 Å².